The summed E-state index contributed by atoms with van der Waals surface area (Å²) in [5.41, 5.74) is 5.26. The Balaban J connectivity index is 2.48. The van der Waals surface area contributed by atoms with E-state index in [2.05, 4.69) is 24.1 Å². The van der Waals surface area contributed by atoms with Gasteiger partial charge in [-0.15, -0.1) is 0 Å². The third-order valence-electron chi connectivity index (χ3n) is 3.18. The van der Waals surface area contributed by atoms with Gasteiger partial charge in [0.1, 0.15) is 0 Å². The van der Waals surface area contributed by atoms with Gasteiger partial charge in [0, 0.05) is 19.1 Å². The second kappa shape index (κ2) is 6.86. The summed E-state index contributed by atoms with van der Waals surface area (Å²) in [5.74, 6) is 0.495. The number of nitrogens with one attached hydrogen (secondary N) is 1. The normalized spacial score (nSPS) is 26.9. The van der Waals surface area contributed by atoms with Crippen LogP contribution >= 0.6 is 0 Å². The zero-order valence-electron chi connectivity index (χ0n) is 10.5. The number of amides is 1. The van der Waals surface area contributed by atoms with E-state index in [1.54, 1.807) is 0 Å². The van der Waals surface area contributed by atoms with Crippen molar-refractivity contribution in [2.75, 3.05) is 26.2 Å². The van der Waals surface area contributed by atoms with Gasteiger partial charge in [0.15, 0.2) is 0 Å². The molecule has 3 N–H and O–H groups in total. The molecule has 4 heteroatoms. The summed E-state index contributed by atoms with van der Waals surface area (Å²) in [5, 5.41) is 3.48. The number of carbonyl (C=O) groups is 1. The molecular weight excluding hydrogens is 202 g/mol. The average molecular weight is 227 g/mol. The Labute approximate surface area is 98.6 Å². The molecule has 0 aliphatic carbocycles. The van der Waals surface area contributed by atoms with Crippen LogP contribution < -0.4 is 11.1 Å². The van der Waals surface area contributed by atoms with Crippen molar-refractivity contribution in [2.24, 2.45) is 11.7 Å². The molecule has 16 heavy (non-hydrogen) atoms. The fourth-order valence-corrected chi connectivity index (χ4v) is 2.71. The number of nitrogens with two attached hydrogens (primary N) is 1. The second-order valence-electron chi connectivity index (χ2n) is 4.81. The maximum Gasteiger partial charge on any atom is 0.231 e. The molecule has 0 bridgehead atoms. The number of piperidine rings is 1. The Kier molecular flexibility index (Phi) is 5.77. The van der Waals surface area contributed by atoms with Crippen LogP contribution in [0.15, 0.2) is 0 Å². The fraction of sp³-hybridized carbons (Fsp3) is 0.917. The molecule has 0 saturated carbocycles. The van der Waals surface area contributed by atoms with Crippen LogP contribution in [0.2, 0.25) is 0 Å². The van der Waals surface area contributed by atoms with Crippen molar-refractivity contribution in [2.45, 2.75) is 39.2 Å². The molecular formula is C12H25N3O. The summed E-state index contributed by atoms with van der Waals surface area (Å²) >= 11 is 0. The quantitative estimate of drug-likeness (QED) is 0.697. The van der Waals surface area contributed by atoms with Crippen molar-refractivity contribution in [3.8, 4) is 0 Å². The monoisotopic (exact) mass is 227 g/mol. The molecule has 2 unspecified atom stereocenters. The third kappa shape index (κ3) is 4.49. The van der Waals surface area contributed by atoms with Crippen LogP contribution in [0.4, 0.5) is 0 Å². The maximum atomic E-state index is 11.0. The highest BCUT2D eigenvalue weighted by Gasteiger charge is 2.26. The van der Waals surface area contributed by atoms with Crippen LogP contribution in [-0.2, 0) is 4.79 Å². The van der Waals surface area contributed by atoms with Crippen LogP contribution in [0.3, 0.4) is 0 Å². The first-order valence-corrected chi connectivity index (χ1v) is 6.39. The number of nitrogens with zero attached hydrogens (tertiary/aromatic N) is 1. The lowest BCUT2D eigenvalue weighted by molar-refractivity contribution is -0.119. The largest absolute Gasteiger partial charge is 0.369 e. The second-order valence-corrected chi connectivity index (χ2v) is 4.81. The first-order valence-electron chi connectivity index (χ1n) is 6.39. The maximum absolute atomic E-state index is 11.0. The van der Waals surface area contributed by atoms with Gasteiger partial charge in [-0.1, -0.05) is 20.3 Å². The van der Waals surface area contributed by atoms with Gasteiger partial charge in [0.25, 0.3) is 0 Å². The number of hydrogen-bond acceptors (Lipinski definition) is 3. The van der Waals surface area contributed by atoms with E-state index < -0.39 is 0 Å². The number of rotatable bonds is 6. The van der Waals surface area contributed by atoms with E-state index in [4.69, 9.17) is 5.73 Å². The van der Waals surface area contributed by atoms with Crippen LogP contribution in [0.1, 0.15) is 33.1 Å². The minimum absolute atomic E-state index is 0.215. The van der Waals surface area contributed by atoms with Gasteiger partial charge < -0.3 is 11.1 Å². The van der Waals surface area contributed by atoms with Gasteiger partial charge in [-0.2, -0.15) is 0 Å². The van der Waals surface area contributed by atoms with Gasteiger partial charge in [-0.3, -0.25) is 9.69 Å². The molecule has 1 aliphatic rings. The Morgan fingerprint density at radius 3 is 2.75 bits per heavy atom. The minimum atomic E-state index is -0.215. The van der Waals surface area contributed by atoms with Crippen molar-refractivity contribution in [1.82, 2.24) is 10.2 Å². The van der Waals surface area contributed by atoms with E-state index in [-0.39, 0.29) is 5.91 Å². The van der Waals surface area contributed by atoms with E-state index in [9.17, 15) is 4.79 Å². The summed E-state index contributed by atoms with van der Waals surface area (Å²) in [6.45, 7) is 7.73. The molecule has 1 rings (SSSR count). The lowest BCUT2D eigenvalue weighted by atomic mass is 9.90. The molecule has 0 radical (unpaired) electrons. The van der Waals surface area contributed by atoms with Crippen LogP contribution in [-0.4, -0.2) is 43.0 Å². The first-order chi connectivity index (χ1) is 7.65. The molecule has 4 nitrogen and oxygen atoms in total. The Morgan fingerprint density at radius 2 is 2.19 bits per heavy atom. The molecule has 1 heterocycles. The van der Waals surface area contributed by atoms with Crippen molar-refractivity contribution in [1.29, 1.82) is 0 Å². The fourth-order valence-electron chi connectivity index (χ4n) is 2.71. The first kappa shape index (κ1) is 13.5. The number of carbonyl (C=O) groups excluding carboxylic acids is 1. The van der Waals surface area contributed by atoms with Crippen LogP contribution in [0.5, 0.6) is 0 Å². The van der Waals surface area contributed by atoms with E-state index in [0.717, 1.165) is 19.6 Å². The molecule has 1 saturated heterocycles. The van der Waals surface area contributed by atoms with Gasteiger partial charge in [-0.25, -0.2) is 0 Å². The van der Waals surface area contributed by atoms with Gasteiger partial charge in [0.05, 0.1) is 6.54 Å². The number of likely N-dealkylation sites (N-methyl/N-ethyl adjacent to an activating group) is 1. The lowest BCUT2D eigenvalue weighted by Crippen LogP contribution is -2.51. The SMILES string of the molecule is CCCC1CC(NCC)CN(CC(N)=O)C1. The predicted octanol–water partition coefficient (Wildman–Crippen LogP) is 0.572. The molecule has 1 aliphatic heterocycles. The Morgan fingerprint density at radius 1 is 1.44 bits per heavy atom. The summed E-state index contributed by atoms with van der Waals surface area (Å²) in [6.07, 6.45) is 3.70. The van der Waals surface area contributed by atoms with Crippen molar-refractivity contribution < 1.29 is 4.79 Å². The Hall–Kier alpha value is -0.610. The predicted molar refractivity (Wildman–Crippen MR) is 66.1 cm³/mol. The molecule has 2 atom stereocenters. The number of hydrogen-bond donors (Lipinski definition) is 2. The molecule has 94 valence electrons. The standard InChI is InChI=1S/C12H25N3O/c1-3-5-10-6-11(14-4-2)8-15(7-10)9-12(13)16/h10-11,14H,3-9H2,1-2H3,(H2,13,16). The van der Waals surface area contributed by atoms with Gasteiger partial charge in [0.2, 0.25) is 5.91 Å². The van der Waals surface area contributed by atoms with Crippen molar-refractivity contribution >= 4 is 5.91 Å². The van der Waals surface area contributed by atoms with Gasteiger partial charge in [-0.05, 0) is 25.3 Å². The molecule has 1 fully saturated rings. The van der Waals surface area contributed by atoms with Crippen molar-refractivity contribution in [3.63, 3.8) is 0 Å². The van der Waals surface area contributed by atoms with E-state index in [1.165, 1.54) is 19.3 Å². The average Bonchev–Trinajstić information content (AvgIpc) is 2.17. The molecule has 0 spiro atoms. The molecule has 0 aromatic rings. The topological polar surface area (TPSA) is 58.4 Å². The smallest absolute Gasteiger partial charge is 0.231 e. The van der Waals surface area contributed by atoms with E-state index in [1.807, 2.05) is 0 Å². The van der Waals surface area contributed by atoms with Crippen LogP contribution in [0.25, 0.3) is 0 Å². The highest BCUT2D eigenvalue weighted by atomic mass is 16.1. The molecule has 0 aromatic heterocycles. The molecule has 0 aromatic carbocycles. The summed E-state index contributed by atoms with van der Waals surface area (Å²) in [6, 6.07) is 0.523. The molecule has 1 amide bonds. The summed E-state index contributed by atoms with van der Waals surface area (Å²) in [7, 11) is 0. The lowest BCUT2D eigenvalue weighted by Gasteiger charge is -2.37. The summed E-state index contributed by atoms with van der Waals surface area (Å²) in [4.78, 5) is 13.2. The van der Waals surface area contributed by atoms with E-state index in [0.29, 0.717) is 18.5 Å². The zero-order valence-corrected chi connectivity index (χ0v) is 10.5. The number of likely N-dealkylation sites (tertiary alicyclic amines) is 1. The Bertz CT molecular complexity index is 206. The number of primary amides is 1. The van der Waals surface area contributed by atoms with Gasteiger partial charge >= 0.3 is 0 Å². The van der Waals surface area contributed by atoms with Crippen molar-refractivity contribution in [3.05, 3.63) is 0 Å². The summed E-state index contributed by atoms with van der Waals surface area (Å²) < 4.78 is 0. The highest BCUT2D eigenvalue weighted by Crippen LogP contribution is 2.21. The third-order valence-corrected chi connectivity index (χ3v) is 3.18. The minimum Gasteiger partial charge on any atom is -0.369 e. The van der Waals surface area contributed by atoms with E-state index >= 15 is 0 Å². The van der Waals surface area contributed by atoms with Crippen LogP contribution in [0, 0.1) is 5.92 Å². The zero-order chi connectivity index (χ0) is 12.0. The highest BCUT2D eigenvalue weighted by molar-refractivity contribution is 5.75.